The van der Waals surface area contributed by atoms with Gasteiger partial charge in [0.05, 0.1) is 24.0 Å². The highest BCUT2D eigenvalue weighted by Crippen LogP contribution is 2.36. The van der Waals surface area contributed by atoms with Crippen LogP contribution in [0, 0.1) is 10.1 Å². The first-order chi connectivity index (χ1) is 10.0. The van der Waals surface area contributed by atoms with Gasteiger partial charge in [0, 0.05) is 30.4 Å². The Labute approximate surface area is 122 Å². The van der Waals surface area contributed by atoms with Gasteiger partial charge in [-0.25, -0.2) is 0 Å². The van der Waals surface area contributed by atoms with Crippen molar-refractivity contribution in [3.8, 4) is 5.75 Å². The Hall–Kier alpha value is -2.31. The second-order valence-corrected chi connectivity index (χ2v) is 4.94. The number of non-ortho nitro benzene ring substituents is 1. The van der Waals surface area contributed by atoms with Crippen LogP contribution in [0.3, 0.4) is 0 Å². The maximum Gasteiger partial charge on any atom is 0.305 e. The number of carboxylic acid groups (broad SMARTS) is 1. The molecule has 0 spiro atoms. The van der Waals surface area contributed by atoms with E-state index in [0.717, 1.165) is 12.8 Å². The third-order valence-corrected chi connectivity index (χ3v) is 3.28. The zero-order chi connectivity index (χ0) is 15.4. The minimum atomic E-state index is -0.879. The Morgan fingerprint density at radius 1 is 1.48 bits per heavy atom. The number of nitro benzene ring substituents is 1. The number of hydrogen-bond acceptors (Lipinski definition) is 5. The first-order valence-electron chi connectivity index (χ1n) is 6.92. The van der Waals surface area contributed by atoms with Crippen LogP contribution in [0.15, 0.2) is 18.2 Å². The quantitative estimate of drug-likeness (QED) is 0.584. The molecule has 7 heteroatoms. The molecule has 1 fully saturated rings. The van der Waals surface area contributed by atoms with Gasteiger partial charge in [-0.3, -0.25) is 14.9 Å². The van der Waals surface area contributed by atoms with Gasteiger partial charge < -0.3 is 14.7 Å². The zero-order valence-electron chi connectivity index (χ0n) is 11.8. The second-order valence-electron chi connectivity index (χ2n) is 4.94. The van der Waals surface area contributed by atoms with Crippen LogP contribution in [0.1, 0.15) is 26.2 Å². The molecule has 7 nitrogen and oxygen atoms in total. The fraction of sp³-hybridized carbons (Fsp3) is 0.500. The van der Waals surface area contributed by atoms with Crippen molar-refractivity contribution in [3.63, 3.8) is 0 Å². The van der Waals surface area contributed by atoms with Crippen LogP contribution < -0.4 is 9.64 Å². The molecule has 0 aromatic heterocycles. The molecule has 21 heavy (non-hydrogen) atoms. The lowest BCUT2D eigenvalue weighted by atomic mass is 10.2. The summed E-state index contributed by atoms with van der Waals surface area (Å²) in [6.45, 7) is 2.56. The second kappa shape index (κ2) is 6.43. The largest absolute Gasteiger partial charge is 0.494 e. The molecular formula is C14H18N2O5. The van der Waals surface area contributed by atoms with Gasteiger partial charge in [-0.1, -0.05) is 0 Å². The van der Waals surface area contributed by atoms with Gasteiger partial charge >= 0.3 is 5.97 Å². The molecular weight excluding hydrogens is 276 g/mol. The highest BCUT2D eigenvalue weighted by molar-refractivity contribution is 5.68. The van der Waals surface area contributed by atoms with Crippen LogP contribution >= 0.6 is 0 Å². The number of nitro groups is 1. The Morgan fingerprint density at radius 2 is 2.19 bits per heavy atom. The Morgan fingerprint density at radius 3 is 2.71 bits per heavy atom. The standard InChI is InChI=1S/C14H18N2O5/c1-2-21-13-8-11(7-12(9-13)16(19)20)15(10-3-4-10)6-5-14(17)18/h7-10H,2-6H2,1H3,(H,17,18). The van der Waals surface area contributed by atoms with Crippen LogP contribution in [0.2, 0.25) is 0 Å². The fourth-order valence-corrected chi connectivity index (χ4v) is 2.21. The molecule has 0 saturated heterocycles. The monoisotopic (exact) mass is 294 g/mol. The van der Waals surface area contributed by atoms with Crippen LogP contribution in [0.25, 0.3) is 0 Å². The number of anilines is 1. The lowest BCUT2D eigenvalue weighted by molar-refractivity contribution is -0.384. The molecule has 0 unspecified atom stereocenters. The molecule has 1 N–H and O–H groups in total. The number of hydrogen-bond donors (Lipinski definition) is 1. The predicted octanol–water partition coefficient (Wildman–Crippen LogP) is 2.44. The first kappa shape index (κ1) is 15.1. The maximum atomic E-state index is 11.0. The van der Waals surface area contributed by atoms with Crippen LogP contribution in [0.4, 0.5) is 11.4 Å². The van der Waals surface area contributed by atoms with Crippen molar-refractivity contribution >= 4 is 17.3 Å². The summed E-state index contributed by atoms with van der Waals surface area (Å²) >= 11 is 0. The maximum absolute atomic E-state index is 11.0. The van der Waals surface area contributed by atoms with Gasteiger partial charge in [0.1, 0.15) is 5.75 Å². The smallest absolute Gasteiger partial charge is 0.305 e. The van der Waals surface area contributed by atoms with Gasteiger partial charge in [-0.15, -0.1) is 0 Å². The van der Waals surface area contributed by atoms with E-state index in [1.54, 1.807) is 6.07 Å². The molecule has 1 aromatic carbocycles. The van der Waals surface area contributed by atoms with Crippen molar-refractivity contribution in [1.29, 1.82) is 0 Å². The van der Waals surface area contributed by atoms with Crippen molar-refractivity contribution in [2.75, 3.05) is 18.1 Å². The van der Waals surface area contributed by atoms with Crippen LogP contribution in [0.5, 0.6) is 5.75 Å². The molecule has 0 atom stereocenters. The van der Waals surface area contributed by atoms with Crippen molar-refractivity contribution in [2.24, 2.45) is 0 Å². The first-order valence-corrected chi connectivity index (χ1v) is 6.92. The van der Waals surface area contributed by atoms with Gasteiger partial charge in [0.15, 0.2) is 0 Å². The van der Waals surface area contributed by atoms with Gasteiger partial charge in [0.2, 0.25) is 0 Å². The van der Waals surface area contributed by atoms with E-state index in [9.17, 15) is 14.9 Å². The minimum absolute atomic E-state index is 0.00314. The van der Waals surface area contributed by atoms with E-state index in [0.29, 0.717) is 24.6 Å². The molecule has 1 aromatic rings. The van der Waals surface area contributed by atoms with Crippen molar-refractivity contribution in [1.82, 2.24) is 0 Å². The van der Waals surface area contributed by atoms with E-state index in [1.165, 1.54) is 12.1 Å². The summed E-state index contributed by atoms with van der Waals surface area (Å²) < 4.78 is 5.37. The number of nitrogens with zero attached hydrogens (tertiary/aromatic N) is 2. The number of benzene rings is 1. The average Bonchev–Trinajstić information content (AvgIpc) is 3.23. The molecule has 1 aliphatic rings. The van der Waals surface area contributed by atoms with Crippen molar-refractivity contribution < 1.29 is 19.6 Å². The Kier molecular flexibility index (Phi) is 4.62. The molecule has 0 bridgehead atoms. The molecule has 1 saturated carbocycles. The van der Waals surface area contributed by atoms with Gasteiger partial charge in [-0.05, 0) is 19.8 Å². The lowest BCUT2D eigenvalue weighted by Crippen LogP contribution is -2.28. The third-order valence-electron chi connectivity index (χ3n) is 3.28. The number of carboxylic acids is 1. The molecule has 0 aliphatic heterocycles. The van der Waals surface area contributed by atoms with E-state index < -0.39 is 10.9 Å². The number of ether oxygens (including phenoxy) is 1. The number of carbonyl (C=O) groups is 1. The molecule has 2 rings (SSSR count). The fourth-order valence-electron chi connectivity index (χ4n) is 2.21. The van der Waals surface area contributed by atoms with Crippen molar-refractivity contribution in [3.05, 3.63) is 28.3 Å². The normalized spacial score (nSPS) is 13.8. The highest BCUT2D eigenvalue weighted by Gasteiger charge is 2.30. The topological polar surface area (TPSA) is 92.9 Å². The summed E-state index contributed by atoms with van der Waals surface area (Å²) in [5.74, 6) is -0.446. The van der Waals surface area contributed by atoms with Crippen LogP contribution in [-0.2, 0) is 4.79 Å². The van der Waals surface area contributed by atoms with E-state index in [2.05, 4.69) is 0 Å². The molecule has 114 valence electrons. The van der Waals surface area contributed by atoms with E-state index >= 15 is 0 Å². The molecule has 1 aliphatic carbocycles. The molecule has 0 radical (unpaired) electrons. The minimum Gasteiger partial charge on any atom is -0.494 e. The summed E-state index contributed by atoms with van der Waals surface area (Å²) in [4.78, 5) is 23.2. The third kappa shape index (κ3) is 4.08. The predicted molar refractivity (Wildman–Crippen MR) is 76.9 cm³/mol. The Balaban J connectivity index is 2.29. The summed E-state index contributed by atoms with van der Waals surface area (Å²) in [6.07, 6.45) is 1.96. The van der Waals surface area contributed by atoms with Crippen LogP contribution in [-0.4, -0.2) is 35.2 Å². The summed E-state index contributed by atoms with van der Waals surface area (Å²) in [5.41, 5.74) is 0.605. The summed E-state index contributed by atoms with van der Waals surface area (Å²) in [7, 11) is 0. The van der Waals surface area contributed by atoms with E-state index in [1.807, 2.05) is 11.8 Å². The van der Waals surface area contributed by atoms with E-state index in [4.69, 9.17) is 9.84 Å². The zero-order valence-corrected chi connectivity index (χ0v) is 11.8. The van der Waals surface area contributed by atoms with Crippen molar-refractivity contribution in [2.45, 2.75) is 32.2 Å². The van der Waals surface area contributed by atoms with E-state index in [-0.39, 0.29) is 18.2 Å². The lowest BCUT2D eigenvalue weighted by Gasteiger charge is -2.24. The molecule has 0 heterocycles. The molecule has 0 amide bonds. The van der Waals surface area contributed by atoms with Gasteiger partial charge in [-0.2, -0.15) is 0 Å². The average molecular weight is 294 g/mol. The van der Waals surface area contributed by atoms with Gasteiger partial charge in [0.25, 0.3) is 5.69 Å². The highest BCUT2D eigenvalue weighted by atomic mass is 16.6. The summed E-state index contributed by atoms with van der Waals surface area (Å²) in [6, 6.07) is 4.86. The Bertz CT molecular complexity index is 542. The number of aliphatic carboxylic acids is 1. The number of rotatable bonds is 8. The summed E-state index contributed by atoms with van der Waals surface area (Å²) in [5, 5.41) is 19.9. The SMILES string of the molecule is CCOc1cc(N(CCC(=O)O)C2CC2)cc([N+](=O)[O-])c1.